The summed E-state index contributed by atoms with van der Waals surface area (Å²) in [5.41, 5.74) is 3.01. The topological polar surface area (TPSA) is 0 Å². The predicted molar refractivity (Wildman–Crippen MR) is 102 cm³/mol. The summed E-state index contributed by atoms with van der Waals surface area (Å²) in [5.74, 6) is 0. The van der Waals surface area contributed by atoms with E-state index in [0.717, 1.165) is 0 Å². The highest BCUT2D eigenvalue weighted by Crippen LogP contribution is 2.36. The predicted octanol–water partition coefficient (Wildman–Crippen LogP) is 6.75. The average Bonchev–Trinajstić information content (AvgIpc) is 2.53. The van der Waals surface area contributed by atoms with Crippen LogP contribution >= 0.6 is 0 Å². The summed E-state index contributed by atoms with van der Waals surface area (Å²) in [6.45, 7) is 9.13. The first-order valence-electron chi connectivity index (χ1n) is 8.31. The summed E-state index contributed by atoms with van der Waals surface area (Å²) in [4.78, 5) is 0. The molecule has 0 heterocycles. The molecule has 0 aromatic heterocycles. The summed E-state index contributed by atoms with van der Waals surface area (Å²) in [7, 11) is 0. The molecule has 0 aliphatic carbocycles. The second-order valence-electron chi connectivity index (χ2n) is 7.53. The zero-order valence-electron chi connectivity index (χ0n) is 14.3. The molecule has 0 aliphatic rings. The molecular weight excluding hydrogens is 276 g/mol. The third-order valence-electron chi connectivity index (χ3n) is 4.98. The first-order valence-corrected chi connectivity index (χ1v) is 8.31. The normalized spacial score (nSPS) is 12.3. The monoisotopic (exact) mass is 298 g/mol. The standard InChI is InChI=1S/C23H22/c1-15-18-12-11-17-10-9-16-7-5-6-8-19(16)22(17)20(18)13-14-21(15)23(2,3)4/h5-14H,1-4H3. The van der Waals surface area contributed by atoms with Gasteiger partial charge >= 0.3 is 0 Å². The average molecular weight is 298 g/mol. The molecule has 0 saturated carbocycles. The summed E-state index contributed by atoms with van der Waals surface area (Å²) < 4.78 is 0. The number of benzene rings is 4. The van der Waals surface area contributed by atoms with Gasteiger partial charge in [-0.15, -0.1) is 0 Å². The zero-order valence-corrected chi connectivity index (χ0v) is 14.3. The van der Waals surface area contributed by atoms with Gasteiger partial charge in [-0.2, -0.15) is 0 Å². The van der Waals surface area contributed by atoms with Gasteiger partial charge in [0.25, 0.3) is 0 Å². The van der Waals surface area contributed by atoms with E-state index in [9.17, 15) is 0 Å². The largest absolute Gasteiger partial charge is 0.0616 e. The SMILES string of the molecule is Cc1c(C(C)(C)C)ccc2c1ccc1ccc3ccccc3c12. The Bertz CT molecular complexity index is 1050. The fourth-order valence-electron chi connectivity index (χ4n) is 3.87. The van der Waals surface area contributed by atoms with E-state index in [1.165, 1.54) is 43.4 Å². The smallest absolute Gasteiger partial charge is 0.00267 e. The number of rotatable bonds is 0. The molecule has 0 nitrogen and oxygen atoms in total. The van der Waals surface area contributed by atoms with Gasteiger partial charge in [-0.25, -0.2) is 0 Å². The van der Waals surface area contributed by atoms with Gasteiger partial charge in [-0.3, -0.25) is 0 Å². The van der Waals surface area contributed by atoms with Crippen LogP contribution in [0, 0.1) is 6.92 Å². The van der Waals surface area contributed by atoms with E-state index in [2.05, 4.69) is 88.4 Å². The van der Waals surface area contributed by atoms with Crippen LogP contribution in [-0.2, 0) is 5.41 Å². The maximum Gasteiger partial charge on any atom is -0.00267 e. The second-order valence-corrected chi connectivity index (χ2v) is 7.53. The summed E-state index contributed by atoms with van der Waals surface area (Å²) in [6.07, 6.45) is 0. The van der Waals surface area contributed by atoms with Crippen molar-refractivity contribution in [3.8, 4) is 0 Å². The summed E-state index contributed by atoms with van der Waals surface area (Å²) in [5, 5.41) is 8.10. The van der Waals surface area contributed by atoms with Gasteiger partial charge in [0.2, 0.25) is 0 Å². The molecule has 0 N–H and O–H groups in total. The molecule has 0 heteroatoms. The van der Waals surface area contributed by atoms with Crippen LogP contribution in [-0.4, -0.2) is 0 Å². The quantitative estimate of drug-likeness (QED) is 0.315. The van der Waals surface area contributed by atoms with E-state index in [1.807, 2.05) is 0 Å². The van der Waals surface area contributed by atoms with Crippen LogP contribution in [0.5, 0.6) is 0 Å². The zero-order chi connectivity index (χ0) is 16.2. The molecule has 4 aromatic carbocycles. The third-order valence-corrected chi connectivity index (χ3v) is 4.98. The molecule has 0 radical (unpaired) electrons. The molecule has 0 atom stereocenters. The number of hydrogen-bond acceptors (Lipinski definition) is 0. The molecule has 4 rings (SSSR count). The van der Waals surface area contributed by atoms with E-state index in [0.29, 0.717) is 0 Å². The van der Waals surface area contributed by atoms with Crippen molar-refractivity contribution >= 4 is 32.3 Å². The number of fused-ring (bicyclic) bond motifs is 5. The van der Waals surface area contributed by atoms with Crippen molar-refractivity contribution in [2.45, 2.75) is 33.1 Å². The third kappa shape index (κ3) is 2.13. The van der Waals surface area contributed by atoms with E-state index in [1.54, 1.807) is 0 Å². The maximum atomic E-state index is 2.32. The minimum atomic E-state index is 0.173. The Morgan fingerprint density at radius 1 is 0.609 bits per heavy atom. The molecule has 0 bridgehead atoms. The minimum absolute atomic E-state index is 0.173. The van der Waals surface area contributed by atoms with Crippen LogP contribution < -0.4 is 0 Å². The molecule has 114 valence electrons. The van der Waals surface area contributed by atoms with Crippen molar-refractivity contribution in [1.29, 1.82) is 0 Å². The minimum Gasteiger partial charge on any atom is -0.0616 e. The first kappa shape index (κ1) is 14.3. The Hall–Kier alpha value is -2.34. The highest BCUT2D eigenvalue weighted by Gasteiger charge is 2.18. The van der Waals surface area contributed by atoms with Crippen LogP contribution in [0.4, 0.5) is 0 Å². The van der Waals surface area contributed by atoms with Gasteiger partial charge in [0.15, 0.2) is 0 Å². The lowest BCUT2D eigenvalue weighted by atomic mass is 9.81. The molecule has 0 amide bonds. The van der Waals surface area contributed by atoms with Gasteiger partial charge < -0.3 is 0 Å². The Morgan fingerprint density at radius 2 is 1.26 bits per heavy atom. The van der Waals surface area contributed by atoms with E-state index in [-0.39, 0.29) is 5.41 Å². The molecule has 0 spiro atoms. The lowest BCUT2D eigenvalue weighted by molar-refractivity contribution is 0.587. The van der Waals surface area contributed by atoms with Crippen molar-refractivity contribution in [2.24, 2.45) is 0 Å². The lowest BCUT2D eigenvalue weighted by Gasteiger charge is -2.23. The fourth-order valence-corrected chi connectivity index (χ4v) is 3.87. The van der Waals surface area contributed by atoms with Crippen LogP contribution in [0.15, 0.2) is 60.7 Å². The van der Waals surface area contributed by atoms with Gasteiger partial charge in [-0.05, 0) is 55.8 Å². The van der Waals surface area contributed by atoms with Gasteiger partial charge in [0, 0.05) is 0 Å². The Balaban J connectivity index is 2.21. The Morgan fingerprint density at radius 3 is 2.04 bits per heavy atom. The molecule has 23 heavy (non-hydrogen) atoms. The summed E-state index contributed by atoms with van der Waals surface area (Å²) in [6, 6.07) is 22.3. The van der Waals surface area contributed by atoms with Crippen LogP contribution in [0.1, 0.15) is 31.9 Å². The van der Waals surface area contributed by atoms with Crippen molar-refractivity contribution in [3.05, 3.63) is 71.8 Å². The maximum absolute atomic E-state index is 2.32. The van der Waals surface area contributed by atoms with Crippen LogP contribution in [0.25, 0.3) is 32.3 Å². The summed E-state index contributed by atoms with van der Waals surface area (Å²) >= 11 is 0. The molecular formula is C23H22. The van der Waals surface area contributed by atoms with Crippen molar-refractivity contribution in [3.63, 3.8) is 0 Å². The Labute approximate surface area is 137 Å². The van der Waals surface area contributed by atoms with E-state index in [4.69, 9.17) is 0 Å². The van der Waals surface area contributed by atoms with Gasteiger partial charge in [-0.1, -0.05) is 81.4 Å². The lowest BCUT2D eigenvalue weighted by Crippen LogP contribution is -2.13. The second kappa shape index (κ2) is 4.83. The number of hydrogen-bond donors (Lipinski definition) is 0. The molecule has 0 fully saturated rings. The van der Waals surface area contributed by atoms with E-state index < -0.39 is 0 Å². The molecule has 0 unspecified atom stereocenters. The van der Waals surface area contributed by atoms with Crippen molar-refractivity contribution in [2.75, 3.05) is 0 Å². The van der Waals surface area contributed by atoms with E-state index >= 15 is 0 Å². The van der Waals surface area contributed by atoms with Gasteiger partial charge in [0.1, 0.15) is 0 Å². The van der Waals surface area contributed by atoms with Crippen molar-refractivity contribution in [1.82, 2.24) is 0 Å². The van der Waals surface area contributed by atoms with Crippen LogP contribution in [0.3, 0.4) is 0 Å². The highest BCUT2D eigenvalue weighted by molar-refractivity contribution is 6.20. The molecule has 0 aliphatic heterocycles. The molecule has 4 aromatic rings. The van der Waals surface area contributed by atoms with Crippen molar-refractivity contribution < 1.29 is 0 Å². The first-order chi connectivity index (χ1) is 11.0. The fraction of sp³-hybridized carbons (Fsp3) is 0.217. The van der Waals surface area contributed by atoms with Gasteiger partial charge in [0.05, 0.1) is 0 Å². The number of aryl methyl sites for hydroxylation is 1. The molecule has 0 saturated heterocycles. The van der Waals surface area contributed by atoms with Crippen LogP contribution in [0.2, 0.25) is 0 Å². The highest BCUT2D eigenvalue weighted by atomic mass is 14.2. The Kier molecular flexibility index (Phi) is 2.99.